The molecule has 20 heavy (non-hydrogen) atoms. The molecule has 0 fully saturated rings. The number of carbonyl (C=O) groups is 2. The maximum atomic E-state index is 12.0. The first-order valence-electron chi connectivity index (χ1n) is 6.51. The van der Waals surface area contributed by atoms with Gasteiger partial charge >= 0.3 is 5.97 Å². The molecule has 0 saturated carbocycles. The van der Waals surface area contributed by atoms with Gasteiger partial charge in [0.1, 0.15) is 6.04 Å². The lowest BCUT2D eigenvalue weighted by Crippen LogP contribution is -2.40. The van der Waals surface area contributed by atoms with Crippen molar-refractivity contribution in [3.05, 3.63) is 48.0 Å². The summed E-state index contributed by atoms with van der Waals surface area (Å²) in [6.45, 7) is 9.76. The van der Waals surface area contributed by atoms with E-state index in [2.05, 4.69) is 32.7 Å². The quantitative estimate of drug-likeness (QED) is 0.812. The SMILES string of the molecule is C=CCC(NC(=O)c1ccc(C(C)(C)C)cc1)C(=O)O. The lowest BCUT2D eigenvalue weighted by molar-refractivity contribution is -0.139. The highest BCUT2D eigenvalue weighted by Crippen LogP contribution is 2.22. The number of amides is 1. The third-order valence-electron chi connectivity index (χ3n) is 3.02. The average Bonchev–Trinajstić information content (AvgIpc) is 2.37. The summed E-state index contributed by atoms with van der Waals surface area (Å²) in [4.78, 5) is 23.0. The smallest absolute Gasteiger partial charge is 0.326 e. The Balaban J connectivity index is 2.82. The third kappa shape index (κ3) is 4.23. The van der Waals surface area contributed by atoms with E-state index in [0.29, 0.717) is 5.56 Å². The van der Waals surface area contributed by atoms with Crippen LogP contribution >= 0.6 is 0 Å². The highest BCUT2D eigenvalue weighted by Gasteiger charge is 2.19. The van der Waals surface area contributed by atoms with Gasteiger partial charge in [-0.25, -0.2) is 4.79 Å². The van der Waals surface area contributed by atoms with Crippen LogP contribution in [-0.2, 0) is 10.2 Å². The molecule has 1 unspecified atom stereocenters. The maximum absolute atomic E-state index is 12.0. The Labute approximate surface area is 119 Å². The number of carboxylic acids is 1. The van der Waals surface area contributed by atoms with Crippen LogP contribution in [0.5, 0.6) is 0 Å². The van der Waals surface area contributed by atoms with E-state index in [-0.39, 0.29) is 17.7 Å². The maximum Gasteiger partial charge on any atom is 0.326 e. The van der Waals surface area contributed by atoms with Gasteiger partial charge in [0.2, 0.25) is 0 Å². The van der Waals surface area contributed by atoms with E-state index in [4.69, 9.17) is 5.11 Å². The van der Waals surface area contributed by atoms with Gasteiger partial charge in [-0.2, -0.15) is 0 Å². The van der Waals surface area contributed by atoms with Crippen molar-refractivity contribution < 1.29 is 14.7 Å². The van der Waals surface area contributed by atoms with Gasteiger partial charge in [0.15, 0.2) is 0 Å². The molecule has 0 saturated heterocycles. The zero-order valence-corrected chi connectivity index (χ0v) is 12.1. The molecule has 4 nitrogen and oxygen atoms in total. The van der Waals surface area contributed by atoms with Gasteiger partial charge < -0.3 is 10.4 Å². The minimum atomic E-state index is -1.07. The standard InChI is InChI=1S/C16H21NO3/c1-5-6-13(15(19)20)17-14(18)11-7-9-12(10-8-11)16(2,3)4/h5,7-10,13H,1,6H2,2-4H3,(H,17,18)(H,19,20). The van der Waals surface area contributed by atoms with Gasteiger partial charge in [-0.1, -0.05) is 39.0 Å². The van der Waals surface area contributed by atoms with Gasteiger partial charge in [-0.3, -0.25) is 4.79 Å². The van der Waals surface area contributed by atoms with Gasteiger partial charge in [0.05, 0.1) is 0 Å². The lowest BCUT2D eigenvalue weighted by Gasteiger charge is -2.19. The predicted molar refractivity (Wildman–Crippen MR) is 78.8 cm³/mol. The van der Waals surface area contributed by atoms with E-state index in [0.717, 1.165) is 5.56 Å². The Bertz CT molecular complexity index is 497. The van der Waals surface area contributed by atoms with Gasteiger partial charge in [0.25, 0.3) is 5.91 Å². The second-order valence-corrected chi connectivity index (χ2v) is 5.72. The number of nitrogens with one attached hydrogen (secondary N) is 1. The van der Waals surface area contributed by atoms with Gasteiger partial charge in [-0.05, 0) is 29.5 Å². The molecule has 0 aliphatic rings. The fourth-order valence-electron chi connectivity index (χ4n) is 1.75. The van der Waals surface area contributed by atoms with Gasteiger partial charge in [-0.15, -0.1) is 6.58 Å². The summed E-state index contributed by atoms with van der Waals surface area (Å²) < 4.78 is 0. The second-order valence-electron chi connectivity index (χ2n) is 5.72. The summed E-state index contributed by atoms with van der Waals surface area (Å²) in [5, 5.41) is 11.5. The van der Waals surface area contributed by atoms with Crippen LogP contribution in [0.3, 0.4) is 0 Å². The molecule has 2 N–H and O–H groups in total. The highest BCUT2D eigenvalue weighted by molar-refractivity contribution is 5.96. The average molecular weight is 275 g/mol. The van der Waals surface area contributed by atoms with Crippen molar-refractivity contribution in [1.82, 2.24) is 5.32 Å². The molecule has 0 heterocycles. The number of benzene rings is 1. The molecule has 1 rings (SSSR count). The van der Waals surface area contributed by atoms with E-state index in [1.807, 2.05) is 12.1 Å². The van der Waals surface area contributed by atoms with E-state index in [9.17, 15) is 9.59 Å². The molecule has 0 bridgehead atoms. The molecule has 1 aromatic rings. The van der Waals surface area contributed by atoms with Crippen molar-refractivity contribution in [2.75, 3.05) is 0 Å². The second kappa shape index (κ2) is 6.37. The zero-order chi connectivity index (χ0) is 15.3. The Morgan fingerprint density at radius 1 is 1.30 bits per heavy atom. The number of aliphatic carboxylic acids is 1. The molecule has 1 amide bonds. The van der Waals surface area contributed by atoms with Crippen LogP contribution in [0.15, 0.2) is 36.9 Å². The van der Waals surface area contributed by atoms with Crippen molar-refractivity contribution in [3.8, 4) is 0 Å². The molecule has 0 radical (unpaired) electrons. The van der Waals surface area contributed by atoms with Crippen molar-refractivity contribution in [1.29, 1.82) is 0 Å². The summed E-state index contributed by atoms with van der Waals surface area (Å²) in [6.07, 6.45) is 1.67. The number of carbonyl (C=O) groups excluding carboxylic acids is 1. The van der Waals surface area contributed by atoms with Crippen LogP contribution in [0.1, 0.15) is 43.1 Å². The van der Waals surface area contributed by atoms with Gasteiger partial charge in [0, 0.05) is 5.56 Å². The highest BCUT2D eigenvalue weighted by atomic mass is 16.4. The minimum Gasteiger partial charge on any atom is -0.480 e. The number of hydrogen-bond donors (Lipinski definition) is 2. The summed E-state index contributed by atoms with van der Waals surface area (Å²) in [6, 6.07) is 6.25. The molecule has 0 aliphatic heterocycles. The van der Waals surface area contributed by atoms with Crippen molar-refractivity contribution in [2.24, 2.45) is 0 Å². The molecule has 108 valence electrons. The van der Waals surface area contributed by atoms with Crippen LogP contribution in [0, 0.1) is 0 Å². The van der Waals surface area contributed by atoms with Crippen LogP contribution < -0.4 is 5.32 Å². The number of hydrogen-bond acceptors (Lipinski definition) is 2. The fraction of sp³-hybridized carbons (Fsp3) is 0.375. The Morgan fingerprint density at radius 3 is 2.25 bits per heavy atom. The molecule has 1 atom stereocenters. The van der Waals surface area contributed by atoms with E-state index in [1.54, 1.807) is 12.1 Å². The summed E-state index contributed by atoms with van der Waals surface area (Å²) >= 11 is 0. The first-order chi connectivity index (χ1) is 9.25. The molecule has 1 aromatic carbocycles. The Kier molecular flexibility index (Phi) is 5.08. The van der Waals surface area contributed by atoms with Crippen LogP contribution in [-0.4, -0.2) is 23.0 Å². The summed E-state index contributed by atoms with van der Waals surface area (Å²) in [7, 11) is 0. The normalized spacial score (nSPS) is 12.6. The minimum absolute atomic E-state index is 0.0153. The van der Waals surface area contributed by atoms with Crippen molar-refractivity contribution >= 4 is 11.9 Å². The van der Waals surface area contributed by atoms with E-state index in [1.165, 1.54) is 6.08 Å². The Hall–Kier alpha value is -2.10. The van der Waals surface area contributed by atoms with E-state index < -0.39 is 12.0 Å². The first kappa shape index (κ1) is 16.0. The van der Waals surface area contributed by atoms with Crippen molar-refractivity contribution in [3.63, 3.8) is 0 Å². The Morgan fingerprint density at radius 2 is 1.85 bits per heavy atom. The summed E-state index contributed by atoms with van der Waals surface area (Å²) in [5.41, 5.74) is 1.59. The predicted octanol–water partition coefficient (Wildman–Crippen LogP) is 2.74. The van der Waals surface area contributed by atoms with E-state index >= 15 is 0 Å². The monoisotopic (exact) mass is 275 g/mol. The summed E-state index contributed by atoms with van der Waals surface area (Å²) in [5.74, 6) is -1.45. The number of rotatable bonds is 5. The molecule has 0 aromatic heterocycles. The number of carboxylic acid groups (broad SMARTS) is 1. The van der Waals surface area contributed by atoms with Crippen molar-refractivity contribution in [2.45, 2.75) is 38.6 Å². The molecule has 0 spiro atoms. The zero-order valence-electron chi connectivity index (χ0n) is 12.1. The molecular weight excluding hydrogens is 254 g/mol. The fourth-order valence-corrected chi connectivity index (χ4v) is 1.75. The lowest BCUT2D eigenvalue weighted by atomic mass is 9.86. The molecule has 4 heteroatoms. The molecular formula is C16H21NO3. The third-order valence-corrected chi connectivity index (χ3v) is 3.02. The van der Waals surface area contributed by atoms with Crippen LogP contribution in [0.4, 0.5) is 0 Å². The topological polar surface area (TPSA) is 66.4 Å². The first-order valence-corrected chi connectivity index (χ1v) is 6.51. The molecule has 0 aliphatic carbocycles. The van der Waals surface area contributed by atoms with Crippen LogP contribution in [0.25, 0.3) is 0 Å². The largest absolute Gasteiger partial charge is 0.480 e. The van der Waals surface area contributed by atoms with Crippen LogP contribution in [0.2, 0.25) is 0 Å².